The van der Waals surface area contributed by atoms with Crippen LogP contribution in [0.2, 0.25) is 0 Å². The largest absolute Gasteiger partial charge is 0.463 e. The fourth-order valence-corrected chi connectivity index (χ4v) is 1.61. The van der Waals surface area contributed by atoms with Gasteiger partial charge in [0.15, 0.2) is 5.79 Å². The number of aromatic nitrogens is 3. The van der Waals surface area contributed by atoms with Gasteiger partial charge >= 0.3 is 5.97 Å². The first-order chi connectivity index (χ1) is 8.13. The second-order valence-electron chi connectivity index (χ2n) is 3.90. The lowest BCUT2D eigenvalue weighted by atomic mass is 10.2. The van der Waals surface area contributed by atoms with Crippen molar-refractivity contribution in [2.75, 3.05) is 20.3 Å². The molecular formula is C10H15N3O4. The van der Waals surface area contributed by atoms with E-state index in [1.165, 1.54) is 13.4 Å². The predicted molar refractivity (Wildman–Crippen MR) is 56.3 cm³/mol. The summed E-state index contributed by atoms with van der Waals surface area (Å²) in [6.07, 6.45) is 2.14. The van der Waals surface area contributed by atoms with E-state index in [1.54, 1.807) is 4.68 Å². The summed E-state index contributed by atoms with van der Waals surface area (Å²) in [6.45, 7) is 3.68. The van der Waals surface area contributed by atoms with Gasteiger partial charge in [-0.1, -0.05) is 0 Å². The highest BCUT2D eigenvalue weighted by molar-refractivity contribution is 5.84. The highest BCUT2D eigenvalue weighted by Crippen LogP contribution is 2.22. The van der Waals surface area contributed by atoms with Gasteiger partial charge in [-0.05, 0) is 6.92 Å². The Morgan fingerprint density at radius 2 is 2.29 bits per heavy atom. The van der Waals surface area contributed by atoms with Crippen LogP contribution in [-0.2, 0) is 20.8 Å². The minimum atomic E-state index is -0.558. The van der Waals surface area contributed by atoms with Crippen LogP contribution in [0.5, 0.6) is 0 Å². The summed E-state index contributed by atoms with van der Waals surface area (Å²) < 4.78 is 17.0. The quantitative estimate of drug-likeness (QED) is 0.702. The average Bonchev–Trinajstić information content (AvgIpc) is 2.95. The molecule has 7 nitrogen and oxygen atoms in total. The minimum absolute atomic E-state index is 0.0610. The van der Waals surface area contributed by atoms with Gasteiger partial charge in [-0.3, -0.25) is 4.68 Å². The number of hydrogen-bond donors (Lipinski definition) is 0. The first-order valence-electron chi connectivity index (χ1n) is 5.39. The van der Waals surface area contributed by atoms with Crippen LogP contribution in [-0.4, -0.2) is 46.8 Å². The average molecular weight is 241 g/mol. The molecule has 1 aliphatic rings. The molecule has 0 spiro atoms. The molecule has 0 saturated carbocycles. The standard InChI is InChI=1S/C10H15N3O4/c1-10(16-5-6-17-10)3-4-13-7-11-8(12-13)9(14)15-2/h7H,3-6H2,1-2H3. The van der Waals surface area contributed by atoms with Crippen molar-refractivity contribution in [3.63, 3.8) is 0 Å². The van der Waals surface area contributed by atoms with Gasteiger partial charge in [-0.15, -0.1) is 5.10 Å². The summed E-state index contributed by atoms with van der Waals surface area (Å²) in [4.78, 5) is 15.0. The normalized spacial score (nSPS) is 18.2. The highest BCUT2D eigenvalue weighted by Gasteiger charge is 2.30. The van der Waals surface area contributed by atoms with Crippen LogP contribution in [0.3, 0.4) is 0 Å². The number of carbonyl (C=O) groups is 1. The summed E-state index contributed by atoms with van der Waals surface area (Å²) in [5, 5.41) is 3.99. The lowest BCUT2D eigenvalue weighted by Crippen LogP contribution is -2.27. The molecule has 0 aromatic carbocycles. The number of esters is 1. The smallest absolute Gasteiger partial charge is 0.377 e. The molecule has 0 aliphatic carbocycles. The fraction of sp³-hybridized carbons (Fsp3) is 0.700. The molecule has 1 fully saturated rings. The molecule has 1 aliphatic heterocycles. The number of methoxy groups -OCH3 is 1. The van der Waals surface area contributed by atoms with Crippen LogP contribution in [0, 0.1) is 0 Å². The van der Waals surface area contributed by atoms with Crippen molar-refractivity contribution in [2.45, 2.75) is 25.7 Å². The topological polar surface area (TPSA) is 75.5 Å². The summed E-state index contributed by atoms with van der Waals surface area (Å²) >= 11 is 0. The van der Waals surface area contributed by atoms with E-state index in [9.17, 15) is 4.79 Å². The van der Waals surface area contributed by atoms with Crippen molar-refractivity contribution >= 4 is 5.97 Å². The molecule has 94 valence electrons. The van der Waals surface area contributed by atoms with E-state index in [4.69, 9.17) is 9.47 Å². The molecule has 1 aromatic heterocycles. The van der Waals surface area contributed by atoms with E-state index >= 15 is 0 Å². The molecular weight excluding hydrogens is 226 g/mol. The van der Waals surface area contributed by atoms with Crippen molar-refractivity contribution in [1.82, 2.24) is 14.8 Å². The van der Waals surface area contributed by atoms with Crippen LogP contribution in [0.25, 0.3) is 0 Å². The Hall–Kier alpha value is -1.47. The summed E-state index contributed by atoms with van der Waals surface area (Å²) in [7, 11) is 1.30. The Morgan fingerprint density at radius 1 is 1.59 bits per heavy atom. The molecule has 0 unspecified atom stereocenters. The lowest BCUT2D eigenvalue weighted by molar-refractivity contribution is -0.148. The lowest BCUT2D eigenvalue weighted by Gasteiger charge is -2.21. The molecule has 2 heterocycles. The number of ether oxygens (including phenoxy) is 3. The van der Waals surface area contributed by atoms with Crippen LogP contribution in [0.4, 0.5) is 0 Å². The Bertz CT molecular complexity index is 398. The molecule has 1 aromatic rings. The van der Waals surface area contributed by atoms with Crippen LogP contribution < -0.4 is 0 Å². The van der Waals surface area contributed by atoms with Gasteiger partial charge in [0.05, 0.1) is 20.3 Å². The molecule has 0 bridgehead atoms. The maximum absolute atomic E-state index is 11.1. The molecule has 0 N–H and O–H groups in total. The summed E-state index contributed by atoms with van der Waals surface area (Å²) in [6, 6.07) is 0. The van der Waals surface area contributed by atoms with Gasteiger partial charge in [0.25, 0.3) is 5.82 Å². The van der Waals surface area contributed by atoms with E-state index in [2.05, 4.69) is 14.8 Å². The summed E-state index contributed by atoms with van der Waals surface area (Å²) in [5.41, 5.74) is 0. The number of aryl methyl sites for hydroxylation is 1. The van der Waals surface area contributed by atoms with Crippen molar-refractivity contribution < 1.29 is 19.0 Å². The van der Waals surface area contributed by atoms with Crippen LogP contribution >= 0.6 is 0 Å². The first kappa shape index (κ1) is 12.0. The van der Waals surface area contributed by atoms with Gasteiger partial charge in [-0.2, -0.15) is 0 Å². The van der Waals surface area contributed by atoms with Crippen molar-refractivity contribution in [3.8, 4) is 0 Å². The maximum Gasteiger partial charge on any atom is 0.377 e. The van der Waals surface area contributed by atoms with Gasteiger partial charge in [0, 0.05) is 13.0 Å². The molecule has 0 radical (unpaired) electrons. The zero-order valence-electron chi connectivity index (χ0n) is 9.88. The van der Waals surface area contributed by atoms with Crippen LogP contribution in [0.1, 0.15) is 24.0 Å². The minimum Gasteiger partial charge on any atom is -0.463 e. The predicted octanol–water partition coefficient (Wildman–Crippen LogP) is 0.218. The van der Waals surface area contributed by atoms with Gasteiger partial charge < -0.3 is 14.2 Å². The monoisotopic (exact) mass is 241 g/mol. The Morgan fingerprint density at radius 3 is 2.94 bits per heavy atom. The molecule has 17 heavy (non-hydrogen) atoms. The maximum atomic E-state index is 11.1. The third-order valence-electron chi connectivity index (χ3n) is 2.60. The van der Waals surface area contributed by atoms with E-state index in [0.717, 1.165) is 0 Å². The molecule has 2 rings (SSSR count). The Balaban J connectivity index is 1.91. The van der Waals surface area contributed by atoms with Crippen LogP contribution in [0.15, 0.2) is 6.33 Å². The van der Waals surface area contributed by atoms with E-state index in [1.807, 2.05) is 6.92 Å². The zero-order valence-corrected chi connectivity index (χ0v) is 9.88. The third kappa shape index (κ3) is 2.80. The Kier molecular flexibility index (Phi) is 3.39. The molecule has 0 amide bonds. The summed E-state index contributed by atoms with van der Waals surface area (Å²) in [5.74, 6) is -1.04. The van der Waals surface area contributed by atoms with Gasteiger partial charge in [0.2, 0.25) is 0 Å². The second kappa shape index (κ2) is 4.80. The SMILES string of the molecule is COC(=O)c1ncn(CCC2(C)OCCO2)n1. The van der Waals surface area contributed by atoms with Crippen molar-refractivity contribution in [1.29, 1.82) is 0 Å². The second-order valence-corrected chi connectivity index (χ2v) is 3.90. The number of rotatable bonds is 4. The number of hydrogen-bond acceptors (Lipinski definition) is 6. The number of nitrogens with zero attached hydrogens (tertiary/aromatic N) is 3. The molecule has 0 atom stereocenters. The highest BCUT2D eigenvalue weighted by atomic mass is 16.7. The van der Waals surface area contributed by atoms with E-state index < -0.39 is 11.8 Å². The van der Waals surface area contributed by atoms with Crippen molar-refractivity contribution in [2.24, 2.45) is 0 Å². The van der Waals surface area contributed by atoms with E-state index in [-0.39, 0.29) is 5.82 Å². The molecule has 7 heteroatoms. The van der Waals surface area contributed by atoms with Gasteiger partial charge in [-0.25, -0.2) is 9.78 Å². The first-order valence-corrected chi connectivity index (χ1v) is 5.39. The number of carbonyl (C=O) groups excluding carboxylic acids is 1. The fourth-order valence-electron chi connectivity index (χ4n) is 1.61. The zero-order chi connectivity index (χ0) is 12.3. The Labute approximate surface area is 98.7 Å². The van der Waals surface area contributed by atoms with E-state index in [0.29, 0.717) is 26.2 Å². The van der Waals surface area contributed by atoms with Crippen molar-refractivity contribution in [3.05, 3.63) is 12.2 Å². The third-order valence-corrected chi connectivity index (χ3v) is 2.60. The molecule has 1 saturated heterocycles. The van der Waals surface area contributed by atoms with Gasteiger partial charge in [0.1, 0.15) is 6.33 Å².